The summed E-state index contributed by atoms with van der Waals surface area (Å²) in [6.45, 7) is 6.56. The van der Waals surface area contributed by atoms with Crippen molar-refractivity contribution in [2.75, 3.05) is 53.2 Å². The number of Topliss-reactive ketones (excluding diaryl/α,β-unsaturated/α-hetero) is 2. The highest BCUT2D eigenvalue weighted by Crippen LogP contribution is 2.40. The molecular weight excluding hydrogens is 677 g/mol. The lowest BCUT2D eigenvalue weighted by molar-refractivity contribution is -0.121. The van der Waals surface area contributed by atoms with Crippen molar-refractivity contribution in [3.8, 4) is 0 Å². The Labute approximate surface area is 296 Å². The summed E-state index contributed by atoms with van der Waals surface area (Å²) in [6.07, 6.45) is 2.15. The van der Waals surface area contributed by atoms with Crippen LogP contribution in [0.25, 0.3) is 0 Å². The number of ketones is 2. The average molecular weight is 727 g/mol. The van der Waals surface area contributed by atoms with E-state index in [-0.39, 0.29) is 57.3 Å². The Morgan fingerprint density at radius 2 is 1.55 bits per heavy atom. The van der Waals surface area contributed by atoms with Gasteiger partial charge in [-0.2, -0.15) is 0 Å². The molecule has 0 saturated carbocycles. The molecule has 0 spiro atoms. The van der Waals surface area contributed by atoms with E-state index in [1.807, 2.05) is 19.9 Å². The van der Waals surface area contributed by atoms with Crippen molar-refractivity contribution >= 4 is 47.1 Å². The average Bonchev–Trinajstić information content (AvgIpc) is 3.06. The van der Waals surface area contributed by atoms with Gasteiger partial charge < -0.3 is 44.9 Å². The van der Waals surface area contributed by atoms with Crippen LogP contribution in [0.15, 0.2) is 56.5 Å². The van der Waals surface area contributed by atoms with Gasteiger partial charge >= 0.3 is 6.09 Å². The van der Waals surface area contributed by atoms with Crippen LogP contribution in [0.2, 0.25) is 0 Å². The molecule has 5 N–H and O–H groups in total. The normalized spacial score (nSPS) is 30.7. The van der Waals surface area contributed by atoms with Crippen molar-refractivity contribution in [1.82, 2.24) is 5.32 Å². The van der Waals surface area contributed by atoms with Crippen LogP contribution in [0.5, 0.6) is 0 Å². The van der Waals surface area contributed by atoms with Crippen molar-refractivity contribution in [3.63, 3.8) is 0 Å². The number of primary amides is 1. The third-order valence-corrected chi connectivity index (χ3v) is 10.3. The molecule has 1 heterocycles. The van der Waals surface area contributed by atoms with Crippen molar-refractivity contribution in [2.45, 2.75) is 64.6 Å². The number of thioether (sulfide) groups is 2. The topological polar surface area (TPSA) is 193 Å². The first-order valence-electron chi connectivity index (χ1n) is 15.8. The molecule has 274 valence electrons. The van der Waals surface area contributed by atoms with Crippen molar-refractivity contribution in [3.05, 3.63) is 56.5 Å². The second-order valence-electron chi connectivity index (χ2n) is 11.6. The van der Waals surface area contributed by atoms with E-state index in [1.165, 1.54) is 27.2 Å². The summed E-state index contributed by atoms with van der Waals surface area (Å²) < 4.78 is 28.9. The molecule has 2 unspecified atom stereocenters. The third-order valence-electron chi connectivity index (χ3n) is 8.18. The molecule has 0 aromatic rings. The number of methoxy groups -OCH3 is 4. The minimum atomic E-state index is -0.998. The Bertz CT molecular complexity index is 1360. The van der Waals surface area contributed by atoms with Crippen LogP contribution >= 0.6 is 23.5 Å². The zero-order chi connectivity index (χ0) is 36.8. The number of carbonyl (C=O) groups excluding carboxylic acids is 4. The van der Waals surface area contributed by atoms with Crippen LogP contribution in [0.1, 0.15) is 34.1 Å². The summed E-state index contributed by atoms with van der Waals surface area (Å²) in [5, 5.41) is 21.8. The van der Waals surface area contributed by atoms with Crippen LogP contribution in [-0.4, -0.2) is 117 Å². The molecule has 2 aliphatic rings. The first-order chi connectivity index (χ1) is 23.3. The number of amides is 2. The van der Waals surface area contributed by atoms with Crippen molar-refractivity contribution in [1.29, 1.82) is 0 Å². The largest absolute Gasteiger partial charge is 0.439 e. The lowest BCUT2D eigenvalue weighted by atomic mass is 9.83. The van der Waals surface area contributed by atoms with E-state index in [1.54, 1.807) is 33.3 Å². The van der Waals surface area contributed by atoms with Gasteiger partial charge in [0.1, 0.15) is 11.8 Å². The molecule has 15 heteroatoms. The van der Waals surface area contributed by atoms with Gasteiger partial charge in [0.2, 0.25) is 11.6 Å². The Morgan fingerprint density at radius 3 is 2.08 bits per heavy atom. The summed E-state index contributed by atoms with van der Waals surface area (Å²) >= 11 is 1.98. The van der Waals surface area contributed by atoms with Gasteiger partial charge in [-0.3, -0.25) is 14.4 Å². The molecular formula is C34H50N2O11S2. The fraction of sp³-hybridized carbons (Fsp3) is 0.588. The van der Waals surface area contributed by atoms with E-state index in [2.05, 4.69) is 5.32 Å². The minimum absolute atomic E-state index is 0.0243. The lowest BCUT2D eigenvalue weighted by Crippen LogP contribution is -2.42. The zero-order valence-electron chi connectivity index (χ0n) is 29.3. The highest BCUT2D eigenvalue weighted by molar-refractivity contribution is 8.06. The smallest absolute Gasteiger partial charge is 0.405 e. The number of nitrogens with one attached hydrogen (secondary N) is 1. The maximum atomic E-state index is 14.4. The van der Waals surface area contributed by atoms with E-state index in [4.69, 9.17) is 29.4 Å². The highest BCUT2D eigenvalue weighted by atomic mass is 32.2. The van der Waals surface area contributed by atoms with Gasteiger partial charge in [0.15, 0.2) is 6.10 Å². The summed E-state index contributed by atoms with van der Waals surface area (Å²) in [5.41, 5.74) is 6.08. The monoisotopic (exact) mass is 726 g/mol. The fourth-order valence-corrected chi connectivity index (χ4v) is 7.65. The number of fused-ring (bicyclic) bond motifs is 2. The number of allylic oxidation sites excluding steroid dienone is 5. The Hall–Kier alpha value is -2.76. The van der Waals surface area contributed by atoms with Crippen molar-refractivity contribution in [2.24, 2.45) is 17.6 Å². The molecule has 1 aliphatic carbocycles. The van der Waals surface area contributed by atoms with Gasteiger partial charge in [0.25, 0.3) is 5.91 Å². The summed E-state index contributed by atoms with van der Waals surface area (Å²) in [5.74, 6) is -2.27. The molecule has 0 radical (unpaired) electrons. The van der Waals surface area contributed by atoms with Crippen LogP contribution in [0, 0.1) is 11.8 Å². The number of carbonyl (C=O) groups is 4. The molecule has 0 aromatic heterocycles. The second-order valence-corrected chi connectivity index (χ2v) is 13.8. The van der Waals surface area contributed by atoms with Gasteiger partial charge in [-0.25, -0.2) is 4.79 Å². The molecule has 0 aromatic carbocycles. The Kier molecular flexibility index (Phi) is 18.0. The van der Waals surface area contributed by atoms with Crippen LogP contribution in [0.3, 0.4) is 0 Å². The summed E-state index contributed by atoms with van der Waals surface area (Å²) in [6, 6.07) is 0. The van der Waals surface area contributed by atoms with Crippen molar-refractivity contribution < 1.29 is 53.1 Å². The quantitative estimate of drug-likeness (QED) is 0.180. The number of hydrogen-bond donors (Lipinski definition) is 4. The van der Waals surface area contributed by atoms with Crippen LogP contribution in [0.4, 0.5) is 4.79 Å². The maximum Gasteiger partial charge on any atom is 0.405 e. The molecule has 0 fully saturated rings. The maximum absolute atomic E-state index is 14.4. The number of aliphatic hydroxyl groups is 2. The third kappa shape index (κ3) is 11.1. The SMILES string of the molecule is COC1[C@@H](OC)C[C@H](C)[C@@H](OC)C2=C(SCCO)C(=O)C(SCCO)=C(NC(=O)/C(C)=C/C=C\C(OC)[C@@H](OC(N)=O)/C(C)=C/[C@@H]1C)C2=O. The molecule has 13 nitrogen and oxygen atoms in total. The van der Waals surface area contributed by atoms with Crippen LogP contribution in [-0.2, 0) is 38.1 Å². The van der Waals surface area contributed by atoms with E-state index >= 15 is 0 Å². The number of rotatable bonds is 11. The van der Waals surface area contributed by atoms with Gasteiger partial charge in [0, 0.05) is 57.0 Å². The van der Waals surface area contributed by atoms with Gasteiger partial charge in [-0.1, -0.05) is 38.2 Å². The number of hydrogen-bond acceptors (Lipinski definition) is 13. The predicted molar refractivity (Wildman–Crippen MR) is 189 cm³/mol. The van der Waals surface area contributed by atoms with Crippen LogP contribution < -0.4 is 11.1 Å². The molecule has 0 saturated heterocycles. The van der Waals surface area contributed by atoms with Gasteiger partial charge in [-0.05, 0) is 31.8 Å². The molecule has 7 atom stereocenters. The lowest BCUT2D eigenvalue weighted by Gasteiger charge is -2.35. The van der Waals surface area contributed by atoms with E-state index < -0.39 is 60.0 Å². The number of aliphatic hydroxyl groups excluding tert-OH is 2. The molecule has 1 aliphatic heterocycles. The standard InChI is InChI=1S/C34H50N2O11S2/c1-18-10-9-11-22(43-5)29(47-34(35)42)20(3)16-19(2)28(45-7)23(44-6)17-21(4)30(46-8)24-26(39)25(36-33(18)41)32(49-15-13-38)27(40)31(24)48-14-12-37/h9-11,16,19,21-23,28-30,37-38H,12-15,17H2,1-8H3,(H2,35,42)(H,36,41)/b11-9-,18-10+,20-16+/t19-,21-,22?,23-,28?,29-,30+/m0/s1. The number of nitrogens with two attached hydrogens (primary N) is 1. The van der Waals surface area contributed by atoms with E-state index in [0.717, 1.165) is 23.5 Å². The first-order valence-corrected chi connectivity index (χ1v) is 17.8. The van der Waals surface area contributed by atoms with Gasteiger partial charge in [-0.15, -0.1) is 23.5 Å². The fourth-order valence-electron chi connectivity index (χ4n) is 5.87. The Morgan fingerprint density at radius 1 is 0.918 bits per heavy atom. The molecule has 2 amide bonds. The number of ether oxygens (including phenoxy) is 5. The highest BCUT2D eigenvalue weighted by Gasteiger charge is 2.42. The molecule has 2 bridgehead atoms. The first kappa shape index (κ1) is 42.4. The minimum Gasteiger partial charge on any atom is -0.439 e. The molecule has 49 heavy (non-hydrogen) atoms. The zero-order valence-corrected chi connectivity index (χ0v) is 31.0. The van der Waals surface area contributed by atoms with Gasteiger partial charge in [0.05, 0.1) is 41.3 Å². The van der Waals surface area contributed by atoms with E-state index in [0.29, 0.717) is 12.0 Å². The Balaban J connectivity index is 2.88. The second kappa shape index (κ2) is 20.8. The van der Waals surface area contributed by atoms with E-state index in [9.17, 15) is 29.4 Å². The summed E-state index contributed by atoms with van der Waals surface area (Å²) in [7, 11) is 5.97. The molecule has 2 rings (SSSR count). The summed E-state index contributed by atoms with van der Waals surface area (Å²) in [4.78, 5) is 54.0. The predicted octanol–water partition coefficient (Wildman–Crippen LogP) is 2.82.